The number of hydrogen-bond donors (Lipinski definition) is 1. The van der Waals surface area contributed by atoms with E-state index in [0.29, 0.717) is 0 Å². The van der Waals surface area contributed by atoms with Crippen molar-refractivity contribution in [2.24, 2.45) is 16.7 Å². The molecule has 0 saturated heterocycles. The van der Waals surface area contributed by atoms with Crippen LogP contribution in [0.15, 0.2) is 0 Å². The van der Waals surface area contributed by atoms with Crippen molar-refractivity contribution >= 4 is 17.9 Å². The van der Waals surface area contributed by atoms with Crippen molar-refractivity contribution < 1.29 is 37.4 Å². The molecule has 0 heterocycles. The first kappa shape index (κ1) is 16.5. The highest BCUT2D eigenvalue weighted by Crippen LogP contribution is 2.56. The first-order chi connectivity index (χ1) is 8.84. The Morgan fingerprint density at radius 2 is 1.70 bits per heavy atom. The van der Waals surface area contributed by atoms with Gasteiger partial charge in [-0.1, -0.05) is 13.8 Å². The molecule has 0 bridgehead atoms. The number of hydrogen-bond acceptors (Lipinski definition) is 4. The van der Waals surface area contributed by atoms with Crippen LogP contribution >= 0.6 is 0 Å². The molecule has 0 amide bonds. The predicted molar refractivity (Wildman–Crippen MR) is 59.4 cm³/mol. The average Bonchev–Trinajstić information content (AvgIpc) is 2.49. The van der Waals surface area contributed by atoms with Crippen LogP contribution in [-0.4, -0.2) is 29.2 Å². The predicted octanol–water partition coefficient (Wildman–Crippen LogP) is 2.15. The normalized spacial score (nSPS) is 29.0. The average molecular weight is 296 g/mol. The van der Waals surface area contributed by atoms with E-state index >= 15 is 0 Å². The second kappa shape index (κ2) is 4.75. The number of esters is 2. The Morgan fingerprint density at radius 1 is 1.20 bits per heavy atom. The monoisotopic (exact) mass is 296 g/mol. The molecule has 0 aromatic carbocycles. The minimum atomic E-state index is -5.26. The van der Waals surface area contributed by atoms with Crippen molar-refractivity contribution in [1.82, 2.24) is 0 Å². The van der Waals surface area contributed by atoms with E-state index in [9.17, 15) is 27.6 Å². The molecular weight excluding hydrogens is 281 g/mol. The summed E-state index contributed by atoms with van der Waals surface area (Å²) in [5.41, 5.74) is -2.58. The van der Waals surface area contributed by atoms with Crippen LogP contribution in [0.5, 0.6) is 0 Å². The van der Waals surface area contributed by atoms with Crippen LogP contribution in [0, 0.1) is 16.7 Å². The molecule has 1 rings (SSSR count). The summed E-state index contributed by atoms with van der Waals surface area (Å²) in [5, 5.41) is 9.07. The Kier molecular flexibility index (Phi) is 3.91. The van der Waals surface area contributed by atoms with Gasteiger partial charge in [0.05, 0.1) is 11.3 Å². The van der Waals surface area contributed by atoms with Gasteiger partial charge in [-0.15, -0.1) is 0 Å². The number of ether oxygens (including phenoxy) is 1. The molecule has 2 unspecified atom stereocenters. The Balaban J connectivity index is 2.98. The number of aliphatic carboxylic acids is 1. The third-order valence-corrected chi connectivity index (χ3v) is 4.39. The molecule has 20 heavy (non-hydrogen) atoms. The maximum absolute atomic E-state index is 12.1. The zero-order chi connectivity index (χ0) is 15.9. The minimum absolute atomic E-state index is 0.0426. The third kappa shape index (κ3) is 2.51. The number of carbonyl (C=O) groups is 3. The highest BCUT2D eigenvalue weighted by molar-refractivity contribution is 5.92. The van der Waals surface area contributed by atoms with Crippen molar-refractivity contribution in [2.45, 2.75) is 39.8 Å². The van der Waals surface area contributed by atoms with Crippen LogP contribution in [0.1, 0.15) is 33.6 Å². The molecule has 0 radical (unpaired) electrons. The zero-order valence-electron chi connectivity index (χ0n) is 11.2. The van der Waals surface area contributed by atoms with E-state index in [-0.39, 0.29) is 12.8 Å². The van der Waals surface area contributed by atoms with Crippen molar-refractivity contribution in [2.75, 3.05) is 0 Å². The van der Waals surface area contributed by atoms with Crippen molar-refractivity contribution in [3.8, 4) is 0 Å². The smallest absolute Gasteiger partial charge is 0.481 e. The molecule has 0 aliphatic heterocycles. The van der Waals surface area contributed by atoms with Crippen LogP contribution in [0.3, 0.4) is 0 Å². The minimum Gasteiger partial charge on any atom is -0.481 e. The fourth-order valence-corrected chi connectivity index (χ4v) is 2.55. The van der Waals surface area contributed by atoms with E-state index in [1.807, 2.05) is 0 Å². The Hall–Kier alpha value is -1.60. The highest BCUT2D eigenvalue weighted by atomic mass is 19.4. The lowest BCUT2D eigenvalue weighted by Crippen LogP contribution is -2.45. The molecule has 1 aliphatic rings. The summed E-state index contributed by atoms with van der Waals surface area (Å²) < 4.78 is 40.2. The first-order valence-electron chi connectivity index (χ1n) is 5.90. The van der Waals surface area contributed by atoms with Gasteiger partial charge in [-0.3, -0.25) is 9.59 Å². The quantitative estimate of drug-likeness (QED) is 0.623. The van der Waals surface area contributed by atoms with Crippen molar-refractivity contribution in [3.05, 3.63) is 0 Å². The number of carboxylic acids is 1. The molecule has 2 atom stereocenters. The van der Waals surface area contributed by atoms with E-state index in [4.69, 9.17) is 5.11 Å². The van der Waals surface area contributed by atoms with E-state index in [1.165, 1.54) is 20.8 Å². The highest BCUT2D eigenvalue weighted by Gasteiger charge is 2.60. The lowest BCUT2D eigenvalue weighted by atomic mass is 9.65. The van der Waals surface area contributed by atoms with Gasteiger partial charge in [0.25, 0.3) is 0 Å². The summed E-state index contributed by atoms with van der Waals surface area (Å²) in [6.07, 6.45) is -5.09. The fraction of sp³-hybridized carbons (Fsp3) is 0.750. The van der Waals surface area contributed by atoms with Crippen LogP contribution in [0.25, 0.3) is 0 Å². The molecule has 1 N–H and O–H groups in total. The summed E-state index contributed by atoms with van der Waals surface area (Å²) in [6, 6.07) is 0. The summed E-state index contributed by atoms with van der Waals surface area (Å²) in [5.74, 6) is -5.94. The van der Waals surface area contributed by atoms with E-state index in [0.717, 1.165) is 0 Å². The van der Waals surface area contributed by atoms with E-state index < -0.39 is 40.8 Å². The summed E-state index contributed by atoms with van der Waals surface area (Å²) in [7, 11) is 0. The van der Waals surface area contributed by atoms with Crippen molar-refractivity contribution in [1.29, 1.82) is 0 Å². The topological polar surface area (TPSA) is 80.7 Å². The Bertz CT molecular complexity index is 454. The second-order valence-corrected chi connectivity index (χ2v) is 5.66. The fourth-order valence-electron chi connectivity index (χ4n) is 2.55. The standard InChI is InChI=1S/C12H15F3O5/c1-10(2)6(7(16)17)4-5-11(10,3)8(18)20-9(19)12(13,14)15/h6H,4-5H2,1-3H3,(H,16,17). The first-order valence-corrected chi connectivity index (χ1v) is 5.90. The maximum atomic E-state index is 12.1. The second-order valence-electron chi connectivity index (χ2n) is 5.66. The Labute approximate surface area is 113 Å². The molecule has 0 aromatic heterocycles. The van der Waals surface area contributed by atoms with E-state index in [2.05, 4.69) is 4.74 Å². The van der Waals surface area contributed by atoms with E-state index in [1.54, 1.807) is 0 Å². The summed E-state index contributed by atoms with van der Waals surface area (Å²) in [6.45, 7) is 4.26. The number of alkyl halides is 3. The molecule has 0 aromatic rings. The summed E-state index contributed by atoms with van der Waals surface area (Å²) >= 11 is 0. The third-order valence-electron chi connectivity index (χ3n) is 4.39. The van der Waals surface area contributed by atoms with Gasteiger partial charge in [0.2, 0.25) is 0 Å². The van der Waals surface area contributed by atoms with Crippen molar-refractivity contribution in [3.63, 3.8) is 0 Å². The zero-order valence-corrected chi connectivity index (χ0v) is 11.2. The largest absolute Gasteiger partial charge is 0.491 e. The van der Waals surface area contributed by atoms with Gasteiger partial charge in [0.1, 0.15) is 0 Å². The molecule has 1 fully saturated rings. The lowest BCUT2D eigenvalue weighted by Gasteiger charge is -2.37. The van der Waals surface area contributed by atoms with Gasteiger partial charge in [-0.25, -0.2) is 4.79 Å². The molecule has 1 saturated carbocycles. The van der Waals surface area contributed by atoms with Gasteiger partial charge in [0, 0.05) is 0 Å². The molecule has 114 valence electrons. The van der Waals surface area contributed by atoms with Crippen LogP contribution in [-0.2, 0) is 19.1 Å². The number of rotatable bonds is 2. The summed E-state index contributed by atoms with van der Waals surface area (Å²) in [4.78, 5) is 33.7. The molecule has 8 heteroatoms. The van der Waals surface area contributed by atoms with Gasteiger partial charge in [-0.05, 0) is 25.2 Å². The number of carbonyl (C=O) groups excluding carboxylic acids is 2. The molecule has 0 spiro atoms. The molecule has 5 nitrogen and oxygen atoms in total. The van der Waals surface area contributed by atoms with Crippen LogP contribution < -0.4 is 0 Å². The lowest BCUT2D eigenvalue weighted by molar-refractivity contribution is -0.206. The van der Waals surface area contributed by atoms with Gasteiger partial charge in [0.15, 0.2) is 0 Å². The SMILES string of the molecule is CC1(C(=O)OC(=O)C(F)(F)F)CCC(C(=O)O)C1(C)C. The van der Waals surface area contributed by atoms with Gasteiger partial charge >= 0.3 is 24.1 Å². The van der Waals surface area contributed by atoms with Gasteiger partial charge < -0.3 is 9.84 Å². The number of carboxylic acid groups (broad SMARTS) is 1. The maximum Gasteiger partial charge on any atom is 0.491 e. The molecule has 1 aliphatic carbocycles. The number of halogens is 3. The molecular formula is C12H15F3O5. The van der Waals surface area contributed by atoms with Crippen LogP contribution in [0.4, 0.5) is 13.2 Å². The van der Waals surface area contributed by atoms with Gasteiger partial charge in [-0.2, -0.15) is 13.2 Å². The Morgan fingerprint density at radius 3 is 2.05 bits per heavy atom. The van der Waals surface area contributed by atoms with Crippen LogP contribution in [0.2, 0.25) is 0 Å².